The third-order valence-corrected chi connectivity index (χ3v) is 9.75. The molecule has 0 bridgehead atoms. The maximum absolute atomic E-state index is 11.4. The Kier molecular flexibility index (Phi) is 5.58. The van der Waals surface area contributed by atoms with Gasteiger partial charge in [-0.25, -0.2) is 0 Å². The van der Waals surface area contributed by atoms with Crippen molar-refractivity contribution in [3.05, 3.63) is 47.1 Å². The number of nitrogens with one attached hydrogen (secondary N) is 1. The highest BCUT2D eigenvalue weighted by Crippen LogP contribution is 2.50. The second-order valence-corrected chi connectivity index (χ2v) is 12.2. The molecule has 2 saturated heterocycles. The van der Waals surface area contributed by atoms with Crippen LogP contribution in [0.25, 0.3) is 0 Å². The van der Waals surface area contributed by atoms with Crippen LogP contribution < -0.4 is 10.2 Å². The molecule has 0 radical (unpaired) electrons. The van der Waals surface area contributed by atoms with Crippen molar-refractivity contribution in [2.45, 2.75) is 75.3 Å². The fraction of sp³-hybridized carbons (Fsp3) is 0.630. The van der Waals surface area contributed by atoms with E-state index in [1.54, 1.807) is 0 Å². The summed E-state index contributed by atoms with van der Waals surface area (Å²) in [5.74, 6) is 0.442. The summed E-state index contributed by atoms with van der Waals surface area (Å²) in [5.41, 5.74) is 1.77. The van der Waals surface area contributed by atoms with Gasteiger partial charge in [-0.05, 0) is 62.9 Å². The van der Waals surface area contributed by atoms with Gasteiger partial charge in [-0.15, -0.1) is 11.3 Å². The quantitative estimate of drug-likeness (QED) is 0.592. The monoisotopic (exact) mass is 465 g/mol. The Labute approximate surface area is 200 Å². The first kappa shape index (κ1) is 21.8. The molecule has 1 atom stereocenters. The molecule has 2 saturated carbocycles. The molecule has 176 valence electrons. The summed E-state index contributed by atoms with van der Waals surface area (Å²) in [6.07, 6.45) is 11.8. The first-order chi connectivity index (χ1) is 16.1. The van der Waals surface area contributed by atoms with E-state index in [4.69, 9.17) is 9.72 Å². The Balaban J connectivity index is 1.06. The topological polar surface area (TPSA) is 54.5 Å². The maximum Gasteiger partial charge on any atom is 0.134 e. The van der Waals surface area contributed by atoms with E-state index >= 15 is 0 Å². The number of ether oxygens (including phenoxy) is 1. The fourth-order valence-electron chi connectivity index (χ4n) is 6.89. The molecule has 2 aromatic rings. The van der Waals surface area contributed by atoms with E-state index < -0.39 is 0 Å². The van der Waals surface area contributed by atoms with Gasteiger partial charge in [0.2, 0.25) is 0 Å². The standard InChI is InChI=1S/C27H35N3O2S/c31-21-15-25(16-21)19-30(20-25)24-7-6-22(33-24)17-28-13-10-26(23-5-1-4-12-29-23)11-14-32-27(18-26)8-2-3-9-27/h1,4-7,12,28H,2-3,8-11,13-20H2. The minimum atomic E-state index is 0.0814. The molecule has 1 N–H and O–H groups in total. The van der Waals surface area contributed by atoms with Crippen molar-refractivity contribution >= 4 is 22.1 Å². The lowest BCUT2D eigenvalue weighted by atomic mass is 9.63. The molecule has 2 aliphatic heterocycles. The highest BCUT2D eigenvalue weighted by Gasteiger charge is 2.52. The highest BCUT2D eigenvalue weighted by atomic mass is 32.1. The number of nitrogens with zero attached hydrogens (tertiary/aromatic N) is 2. The zero-order valence-electron chi connectivity index (χ0n) is 19.5. The van der Waals surface area contributed by atoms with Crippen LogP contribution in [0.5, 0.6) is 0 Å². The molecule has 2 aromatic heterocycles. The fourth-order valence-corrected chi connectivity index (χ4v) is 7.87. The lowest BCUT2D eigenvalue weighted by Crippen LogP contribution is -2.62. The van der Waals surface area contributed by atoms with E-state index in [-0.39, 0.29) is 11.0 Å². The van der Waals surface area contributed by atoms with Crippen molar-refractivity contribution in [2.75, 3.05) is 31.1 Å². The van der Waals surface area contributed by atoms with Crippen molar-refractivity contribution in [2.24, 2.45) is 5.41 Å². The lowest BCUT2D eigenvalue weighted by Gasteiger charge is -2.55. The Bertz CT molecular complexity index is 984. The first-order valence-corrected chi connectivity index (χ1v) is 13.5. The summed E-state index contributed by atoms with van der Waals surface area (Å²) in [5, 5.41) is 5.09. The SMILES string of the molecule is O=C1CC2(C1)CN(c1ccc(CNCCC3(c4ccccn4)CCOC4(CCCC4)C3)s1)C2. The lowest BCUT2D eigenvalue weighted by molar-refractivity contribution is -0.134. The summed E-state index contributed by atoms with van der Waals surface area (Å²) in [6.45, 7) is 4.88. The van der Waals surface area contributed by atoms with Gasteiger partial charge in [0, 0.05) is 66.7 Å². The molecule has 2 spiro atoms. The summed E-state index contributed by atoms with van der Waals surface area (Å²) in [6, 6.07) is 10.9. The molecule has 0 amide bonds. The van der Waals surface area contributed by atoms with E-state index in [0.29, 0.717) is 11.2 Å². The van der Waals surface area contributed by atoms with Crippen LogP contribution in [0.3, 0.4) is 0 Å². The molecule has 0 aromatic carbocycles. The van der Waals surface area contributed by atoms with Gasteiger partial charge in [0.15, 0.2) is 0 Å². The van der Waals surface area contributed by atoms with Crippen LogP contribution in [0, 0.1) is 5.41 Å². The Hall–Kier alpha value is -1.76. The molecule has 4 aliphatic rings. The van der Waals surface area contributed by atoms with Crippen molar-refractivity contribution in [1.82, 2.24) is 10.3 Å². The van der Waals surface area contributed by atoms with Crippen molar-refractivity contribution in [3.63, 3.8) is 0 Å². The molecule has 4 fully saturated rings. The number of pyridine rings is 1. The number of thiophene rings is 1. The van der Waals surface area contributed by atoms with Gasteiger partial charge >= 0.3 is 0 Å². The second-order valence-electron chi connectivity index (χ2n) is 11.1. The predicted octanol–water partition coefficient (Wildman–Crippen LogP) is 4.85. The van der Waals surface area contributed by atoms with Gasteiger partial charge < -0.3 is 15.0 Å². The van der Waals surface area contributed by atoms with Crippen molar-refractivity contribution in [1.29, 1.82) is 0 Å². The summed E-state index contributed by atoms with van der Waals surface area (Å²) in [7, 11) is 0. The van der Waals surface area contributed by atoms with Crippen molar-refractivity contribution < 1.29 is 9.53 Å². The van der Waals surface area contributed by atoms with Crippen LogP contribution in [-0.2, 0) is 21.5 Å². The zero-order chi connectivity index (χ0) is 22.4. The third kappa shape index (κ3) is 4.15. The van der Waals surface area contributed by atoms with Gasteiger partial charge in [0.1, 0.15) is 5.78 Å². The van der Waals surface area contributed by atoms with Gasteiger partial charge in [-0.2, -0.15) is 0 Å². The average Bonchev–Trinajstić information content (AvgIpc) is 3.43. The van der Waals surface area contributed by atoms with Gasteiger partial charge in [0.05, 0.1) is 10.6 Å². The number of carbonyl (C=O) groups excluding carboxylic acids is 1. The Morgan fingerprint density at radius 2 is 1.94 bits per heavy atom. The smallest absolute Gasteiger partial charge is 0.134 e. The molecular formula is C27H35N3O2S. The molecule has 6 heteroatoms. The van der Waals surface area contributed by atoms with Crippen LogP contribution in [0.1, 0.15) is 68.4 Å². The second kappa shape index (κ2) is 8.47. The van der Waals surface area contributed by atoms with E-state index in [1.165, 1.54) is 41.3 Å². The molecule has 5 nitrogen and oxygen atoms in total. The van der Waals surface area contributed by atoms with Crippen LogP contribution in [0.15, 0.2) is 36.5 Å². The minimum absolute atomic E-state index is 0.0814. The number of rotatable bonds is 7. The van der Waals surface area contributed by atoms with Crippen LogP contribution >= 0.6 is 11.3 Å². The van der Waals surface area contributed by atoms with E-state index in [0.717, 1.165) is 64.9 Å². The normalized spacial score (nSPS) is 27.6. The van der Waals surface area contributed by atoms with E-state index in [9.17, 15) is 4.79 Å². The summed E-state index contributed by atoms with van der Waals surface area (Å²) < 4.78 is 6.38. The molecule has 2 aliphatic carbocycles. The molecule has 6 rings (SSSR count). The number of hydrogen-bond acceptors (Lipinski definition) is 6. The van der Waals surface area contributed by atoms with Crippen LogP contribution in [0.2, 0.25) is 0 Å². The van der Waals surface area contributed by atoms with E-state index in [1.807, 2.05) is 23.6 Å². The zero-order valence-corrected chi connectivity index (χ0v) is 20.3. The Morgan fingerprint density at radius 3 is 2.70 bits per heavy atom. The van der Waals surface area contributed by atoms with Gasteiger partial charge in [0.25, 0.3) is 0 Å². The number of anilines is 1. The number of carbonyl (C=O) groups is 1. The maximum atomic E-state index is 11.4. The predicted molar refractivity (Wildman–Crippen MR) is 132 cm³/mol. The van der Waals surface area contributed by atoms with Crippen LogP contribution in [0.4, 0.5) is 5.00 Å². The third-order valence-electron chi connectivity index (χ3n) is 8.61. The summed E-state index contributed by atoms with van der Waals surface area (Å²) in [4.78, 5) is 20.0. The molecule has 4 heterocycles. The number of ketones is 1. The van der Waals surface area contributed by atoms with Gasteiger partial charge in [-0.3, -0.25) is 9.78 Å². The van der Waals surface area contributed by atoms with Gasteiger partial charge in [-0.1, -0.05) is 18.9 Å². The molecule has 33 heavy (non-hydrogen) atoms. The Morgan fingerprint density at radius 1 is 1.09 bits per heavy atom. The van der Waals surface area contributed by atoms with E-state index in [2.05, 4.69) is 34.5 Å². The average molecular weight is 466 g/mol. The van der Waals surface area contributed by atoms with Crippen LogP contribution in [-0.4, -0.2) is 42.6 Å². The number of aromatic nitrogens is 1. The highest BCUT2D eigenvalue weighted by molar-refractivity contribution is 7.16. The molecular weight excluding hydrogens is 430 g/mol. The summed E-state index contributed by atoms with van der Waals surface area (Å²) >= 11 is 1.90. The van der Waals surface area contributed by atoms with Crippen molar-refractivity contribution in [3.8, 4) is 0 Å². The molecule has 1 unspecified atom stereocenters. The first-order valence-electron chi connectivity index (χ1n) is 12.7. The number of hydrogen-bond donors (Lipinski definition) is 1. The number of Topliss-reactive ketones (excluding diaryl/α,β-unsaturated/α-hetero) is 1. The largest absolute Gasteiger partial charge is 0.375 e. The minimum Gasteiger partial charge on any atom is -0.375 e.